The molecule has 0 bridgehead atoms. The summed E-state index contributed by atoms with van der Waals surface area (Å²) in [6.45, 7) is 9.89. The monoisotopic (exact) mass is 1020 g/mol. The first kappa shape index (κ1) is 43.5. The van der Waals surface area contributed by atoms with E-state index in [1.54, 1.807) is 11.3 Å². The molecule has 79 heavy (non-hydrogen) atoms. The van der Waals surface area contributed by atoms with Crippen LogP contribution in [0.5, 0.6) is 0 Å². The Labute approximate surface area is 455 Å². The van der Waals surface area contributed by atoms with E-state index in [9.17, 15) is 11.8 Å². The normalized spacial score (nSPS) is 12.0. The van der Waals surface area contributed by atoms with Gasteiger partial charge in [-0.25, -0.2) is 4.85 Å². The van der Waals surface area contributed by atoms with Gasteiger partial charge in [-0.15, -0.1) is 11.3 Å². The zero-order chi connectivity index (χ0) is 52.0. The maximum absolute atomic E-state index is 12.7. The lowest BCUT2D eigenvalue weighted by atomic mass is 9.97. The summed E-state index contributed by atoms with van der Waals surface area (Å²) in [5, 5.41) is 25.8. The molecule has 0 radical (unpaired) electrons. The number of hydrogen-bond donors (Lipinski definition) is 0. The Balaban J connectivity index is 1.20. The highest BCUT2D eigenvalue weighted by Crippen LogP contribution is 2.53. The van der Waals surface area contributed by atoms with Crippen LogP contribution in [0.3, 0.4) is 0 Å². The Bertz CT molecular complexity index is 5290. The molecular formula is C72H40N6S. The van der Waals surface area contributed by atoms with E-state index in [1.807, 2.05) is 0 Å². The van der Waals surface area contributed by atoms with Crippen LogP contribution in [0.15, 0.2) is 243 Å². The van der Waals surface area contributed by atoms with Crippen molar-refractivity contribution in [2.24, 2.45) is 0 Å². The third-order valence-electron chi connectivity index (χ3n) is 16.6. The number of fused-ring (bicyclic) bond motifs is 17. The van der Waals surface area contributed by atoms with Crippen LogP contribution in [-0.4, -0.2) is 18.3 Å². The average Bonchev–Trinajstić information content (AvgIpc) is 4.22. The number of benzene rings is 12. The SMILES string of the molecule is [C-]#[N+]c1c(-n2c3ccccc3c3ccccc32)c(C#N)c(-n2c3ccccc3c3ccccc32)c(-n2c3cc(-c4cccc5ccccc45)ccc3c3ccc4c5ccccc5sc4c32)c1-n1c2ccccc2c2ccccc21. The fraction of sp³-hybridized carbons (Fsp3) is 0. The van der Waals surface area contributed by atoms with Crippen LogP contribution in [0.4, 0.5) is 5.69 Å². The highest BCUT2D eigenvalue weighted by Gasteiger charge is 2.35. The van der Waals surface area contributed by atoms with Gasteiger partial charge in [0.1, 0.15) is 6.07 Å². The fourth-order valence-corrected chi connectivity index (χ4v) is 14.6. The second-order valence-corrected chi connectivity index (χ2v) is 21.5. The van der Waals surface area contributed by atoms with Gasteiger partial charge in [-0.2, -0.15) is 5.26 Å². The molecule has 0 unspecified atom stereocenters. The largest absolute Gasteiger partial charge is 0.318 e. The summed E-state index contributed by atoms with van der Waals surface area (Å²) < 4.78 is 11.6. The van der Waals surface area contributed by atoms with Crippen LogP contribution < -0.4 is 0 Å². The third kappa shape index (κ3) is 5.86. The molecule has 0 aliphatic heterocycles. The topological polar surface area (TPSA) is 47.9 Å². The molecule has 7 heteroatoms. The maximum atomic E-state index is 12.7. The van der Waals surface area contributed by atoms with E-state index in [-0.39, 0.29) is 0 Å². The van der Waals surface area contributed by atoms with Gasteiger partial charge in [0.2, 0.25) is 5.69 Å². The van der Waals surface area contributed by atoms with Crippen molar-refractivity contribution in [3.05, 3.63) is 260 Å². The zero-order valence-corrected chi connectivity index (χ0v) is 43.0. The van der Waals surface area contributed by atoms with E-state index in [0.717, 1.165) is 125 Å². The van der Waals surface area contributed by atoms with Gasteiger partial charge in [0.25, 0.3) is 0 Å². The van der Waals surface area contributed by atoms with E-state index < -0.39 is 0 Å². The number of aromatic nitrogens is 4. The summed E-state index contributed by atoms with van der Waals surface area (Å²) in [6.07, 6.45) is 0. The average molecular weight is 1020 g/mol. The maximum Gasteiger partial charge on any atom is 0.237 e. The van der Waals surface area contributed by atoms with Gasteiger partial charge in [-0.1, -0.05) is 194 Å². The fourth-order valence-electron chi connectivity index (χ4n) is 13.4. The zero-order valence-electron chi connectivity index (χ0n) is 42.2. The van der Waals surface area contributed by atoms with Crippen LogP contribution in [0.25, 0.3) is 157 Å². The minimum Gasteiger partial charge on any atom is -0.318 e. The van der Waals surface area contributed by atoms with Crippen molar-refractivity contribution in [3.63, 3.8) is 0 Å². The minimum atomic E-state index is 0.359. The van der Waals surface area contributed by atoms with Crippen LogP contribution in [-0.2, 0) is 0 Å². The number of para-hydroxylation sites is 6. The standard InChI is InChI=1S/C72H40N6S/c1-74-66-67(75-58-30-11-4-22-47(58)48-23-5-12-31-59(48)75)57(42-73)68(76-60-32-13-6-24-49(60)50-25-7-14-33-61(50)76)71(70(66)77-62-34-15-8-26-51(62)52-27-9-16-35-63(52)77)78-64-41-44(46-29-18-20-43-19-2-3-21-45(43)46)37-38-53(64)55-39-40-56-54-28-10-17-36-65(54)79-72(56)69(55)78/h2-41H. The van der Waals surface area contributed by atoms with E-state index in [4.69, 9.17) is 4.85 Å². The second-order valence-electron chi connectivity index (χ2n) is 20.5. The third-order valence-corrected chi connectivity index (χ3v) is 17.8. The van der Waals surface area contributed by atoms with Crippen molar-refractivity contribution < 1.29 is 0 Å². The first-order valence-electron chi connectivity index (χ1n) is 26.5. The summed E-state index contributed by atoms with van der Waals surface area (Å²) in [5.74, 6) is 0. The molecule has 0 spiro atoms. The van der Waals surface area contributed by atoms with Gasteiger partial charge in [-0.05, 0) is 70.4 Å². The van der Waals surface area contributed by atoms with Gasteiger partial charge in [0, 0.05) is 58.6 Å². The van der Waals surface area contributed by atoms with Crippen LogP contribution in [0.2, 0.25) is 0 Å². The van der Waals surface area contributed by atoms with Gasteiger partial charge in [0.05, 0.1) is 83.7 Å². The Morgan fingerprint density at radius 2 is 0.785 bits per heavy atom. The van der Waals surface area contributed by atoms with E-state index in [0.29, 0.717) is 28.3 Å². The van der Waals surface area contributed by atoms with Crippen molar-refractivity contribution >= 4 is 135 Å². The van der Waals surface area contributed by atoms with Gasteiger partial charge < -0.3 is 18.3 Å². The molecule has 12 aromatic carbocycles. The number of thiophene rings is 1. The van der Waals surface area contributed by atoms with Crippen LogP contribution in [0, 0.1) is 17.9 Å². The first-order chi connectivity index (χ1) is 39.2. The summed E-state index contributed by atoms with van der Waals surface area (Å²) in [7, 11) is 0. The number of nitriles is 1. The molecule has 0 aliphatic rings. The predicted octanol–water partition coefficient (Wildman–Crippen LogP) is 19.7. The van der Waals surface area contributed by atoms with E-state index in [2.05, 4.69) is 267 Å². The van der Waals surface area contributed by atoms with Crippen LogP contribution in [0.1, 0.15) is 5.56 Å². The lowest BCUT2D eigenvalue weighted by molar-refractivity contribution is 1.04. The lowest BCUT2D eigenvalue weighted by Gasteiger charge is -2.27. The molecule has 5 aromatic heterocycles. The number of hydrogen-bond acceptors (Lipinski definition) is 2. The van der Waals surface area contributed by atoms with Gasteiger partial charge in [-0.3, -0.25) is 0 Å². The van der Waals surface area contributed by atoms with E-state index in [1.165, 1.54) is 10.1 Å². The Morgan fingerprint density at radius 1 is 0.354 bits per heavy atom. The van der Waals surface area contributed by atoms with Gasteiger partial charge >= 0.3 is 0 Å². The molecule has 0 amide bonds. The molecule has 5 heterocycles. The molecule has 0 atom stereocenters. The number of rotatable bonds is 5. The smallest absolute Gasteiger partial charge is 0.237 e. The van der Waals surface area contributed by atoms with Crippen molar-refractivity contribution in [1.29, 1.82) is 5.26 Å². The van der Waals surface area contributed by atoms with Crippen molar-refractivity contribution in [3.8, 4) is 39.9 Å². The first-order valence-corrected chi connectivity index (χ1v) is 27.3. The summed E-state index contributed by atoms with van der Waals surface area (Å²) in [6, 6.07) is 89.3. The summed E-state index contributed by atoms with van der Waals surface area (Å²) in [4.78, 5) is 4.83. The lowest BCUT2D eigenvalue weighted by Crippen LogP contribution is -2.14. The molecular weight excluding hydrogens is 981 g/mol. The second kappa shape index (κ2) is 16.4. The Kier molecular flexibility index (Phi) is 9.04. The summed E-state index contributed by atoms with van der Waals surface area (Å²) >= 11 is 1.79. The molecule has 17 rings (SSSR count). The molecule has 0 saturated carbocycles. The molecule has 364 valence electrons. The van der Waals surface area contributed by atoms with Gasteiger partial charge in [0.15, 0.2) is 0 Å². The molecule has 0 fully saturated rings. The summed E-state index contributed by atoms with van der Waals surface area (Å²) in [5.41, 5.74) is 13.1. The predicted molar refractivity (Wildman–Crippen MR) is 331 cm³/mol. The number of nitrogens with zero attached hydrogens (tertiary/aromatic N) is 6. The molecule has 0 aliphatic carbocycles. The highest BCUT2D eigenvalue weighted by molar-refractivity contribution is 7.26. The van der Waals surface area contributed by atoms with E-state index >= 15 is 0 Å². The molecule has 17 aromatic rings. The Morgan fingerprint density at radius 3 is 1.33 bits per heavy atom. The molecule has 0 N–H and O–H groups in total. The minimum absolute atomic E-state index is 0.359. The molecule has 0 saturated heterocycles. The van der Waals surface area contributed by atoms with Crippen molar-refractivity contribution in [2.75, 3.05) is 0 Å². The van der Waals surface area contributed by atoms with Crippen molar-refractivity contribution in [2.45, 2.75) is 0 Å². The highest BCUT2D eigenvalue weighted by atomic mass is 32.1. The quantitative estimate of drug-likeness (QED) is 0.159. The van der Waals surface area contributed by atoms with Crippen LogP contribution >= 0.6 is 11.3 Å². The molecule has 6 nitrogen and oxygen atoms in total. The Hall–Kier alpha value is -10.7. The van der Waals surface area contributed by atoms with Crippen molar-refractivity contribution in [1.82, 2.24) is 18.3 Å².